The Hall–Kier alpha value is -0.0766. The van der Waals surface area contributed by atoms with Gasteiger partial charge in [-0.05, 0) is 0 Å². The van der Waals surface area contributed by atoms with E-state index in [4.69, 9.17) is 9.69 Å². The number of hydrogen-bond acceptors (Lipinski definition) is 0. The molecule has 0 N–H and O–H groups in total. The average Bonchev–Trinajstić information content (AvgIpc) is 2.04. The van der Waals surface area contributed by atoms with Gasteiger partial charge in [0.1, 0.15) is 0 Å². The van der Waals surface area contributed by atoms with Crippen molar-refractivity contribution in [2.45, 2.75) is 6.43 Å². The van der Waals surface area contributed by atoms with Crippen molar-refractivity contribution in [3.8, 4) is 0 Å². The third-order valence-corrected chi connectivity index (χ3v) is 4.78. The van der Waals surface area contributed by atoms with Gasteiger partial charge in [-0.2, -0.15) is 0 Å². The second kappa shape index (κ2) is 4.24. The molecule has 0 saturated carbocycles. The predicted octanol–water partition coefficient (Wildman–Crippen LogP) is 2.62. The third kappa shape index (κ3) is 2.21. The first-order valence-corrected chi connectivity index (χ1v) is 8.66. The predicted molar refractivity (Wildman–Crippen MR) is 36.8 cm³/mol. The molecule has 1 aromatic carbocycles. The van der Waals surface area contributed by atoms with Gasteiger partial charge in [0.05, 0.1) is 0 Å². The Kier molecular flexibility index (Phi) is 3.54. The second-order valence-corrected chi connectivity index (χ2v) is 5.83. The van der Waals surface area contributed by atoms with E-state index in [0.29, 0.717) is 4.16 Å². The topological polar surface area (TPSA) is 0 Å². The van der Waals surface area contributed by atoms with Crippen LogP contribution < -0.4 is 4.16 Å². The van der Waals surface area contributed by atoms with Crippen molar-refractivity contribution in [2.24, 2.45) is 0 Å². The Bertz CT molecular complexity index is 277. The minimum atomic E-state index is -2.61. The van der Waals surface area contributed by atoms with E-state index in [1.165, 1.54) is 12.1 Å². The van der Waals surface area contributed by atoms with Crippen LogP contribution in [0.15, 0.2) is 18.2 Å². The van der Waals surface area contributed by atoms with E-state index in [-0.39, 0.29) is 5.56 Å². The molecule has 0 aliphatic rings. The summed E-state index contributed by atoms with van der Waals surface area (Å²) in [7, 11) is 5.52. The van der Waals surface area contributed by atoms with Crippen LogP contribution in [-0.4, -0.2) is 0 Å². The maximum absolute atomic E-state index is 12.8. The van der Waals surface area contributed by atoms with Crippen molar-refractivity contribution in [1.29, 1.82) is 0 Å². The van der Waals surface area contributed by atoms with Gasteiger partial charge in [0.2, 0.25) is 0 Å². The van der Waals surface area contributed by atoms with Crippen LogP contribution in [0.5, 0.6) is 0 Å². The van der Waals surface area contributed by atoms with E-state index in [1.807, 2.05) is 0 Å². The van der Waals surface area contributed by atoms with Crippen LogP contribution in [0.2, 0.25) is 0 Å². The molecule has 0 radical (unpaired) electrons. The zero-order chi connectivity index (χ0) is 9.14. The fourth-order valence-corrected chi connectivity index (χ4v) is 2.85. The molecular formula is C7H4ClF3Zn. The van der Waals surface area contributed by atoms with E-state index < -0.39 is 28.4 Å². The van der Waals surface area contributed by atoms with Crippen LogP contribution in [0.1, 0.15) is 12.0 Å². The summed E-state index contributed by atoms with van der Waals surface area (Å²) < 4.78 is 37.3. The molecule has 12 heavy (non-hydrogen) atoms. The van der Waals surface area contributed by atoms with Crippen LogP contribution in [0.3, 0.4) is 0 Å². The zero-order valence-electron chi connectivity index (χ0n) is 6.03. The summed E-state index contributed by atoms with van der Waals surface area (Å²) in [5.74, 6) is -0.595. The van der Waals surface area contributed by atoms with Gasteiger partial charge in [0.25, 0.3) is 0 Å². The molecule has 62 valence electrons. The van der Waals surface area contributed by atoms with Crippen molar-refractivity contribution in [2.75, 3.05) is 0 Å². The van der Waals surface area contributed by atoms with Crippen LogP contribution in [0.4, 0.5) is 13.2 Å². The summed E-state index contributed by atoms with van der Waals surface area (Å²) in [4.78, 5) is 0. The van der Waals surface area contributed by atoms with Crippen molar-refractivity contribution < 1.29 is 29.3 Å². The SMILES string of the molecule is Fc1cc(C(F)F)cc[c]1[Zn][Cl]. The molecule has 0 nitrogen and oxygen atoms in total. The van der Waals surface area contributed by atoms with Gasteiger partial charge < -0.3 is 0 Å². The van der Waals surface area contributed by atoms with Crippen molar-refractivity contribution >= 4 is 13.8 Å². The number of hydrogen-bond donors (Lipinski definition) is 0. The van der Waals surface area contributed by atoms with Crippen LogP contribution in [-0.2, 0) is 16.1 Å². The first kappa shape index (κ1) is 10.0. The molecule has 1 rings (SSSR count). The summed E-state index contributed by atoms with van der Waals surface area (Å²) in [6.45, 7) is 0. The number of alkyl halides is 2. The first-order valence-electron chi connectivity index (χ1n) is 3.27. The van der Waals surface area contributed by atoms with Gasteiger partial charge in [0.15, 0.2) is 0 Å². The quantitative estimate of drug-likeness (QED) is 0.703. The van der Waals surface area contributed by atoms with Crippen molar-refractivity contribution in [1.82, 2.24) is 0 Å². The molecule has 0 spiro atoms. The molecule has 0 unspecified atom stereocenters. The molecule has 0 atom stereocenters. The molecule has 0 bridgehead atoms. The molecule has 0 aliphatic carbocycles. The van der Waals surface area contributed by atoms with E-state index in [1.54, 1.807) is 0 Å². The van der Waals surface area contributed by atoms with E-state index >= 15 is 0 Å². The number of halogens is 4. The van der Waals surface area contributed by atoms with Gasteiger partial charge in [-0.3, -0.25) is 0 Å². The Morgan fingerprint density at radius 1 is 1.33 bits per heavy atom. The summed E-state index contributed by atoms with van der Waals surface area (Å²) in [5.41, 5.74) is -0.288. The van der Waals surface area contributed by atoms with Crippen molar-refractivity contribution in [3.63, 3.8) is 0 Å². The summed E-state index contributed by atoms with van der Waals surface area (Å²) in [6, 6.07) is 3.42. The second-order valence-electron chi connectivity index (χ2n) is 2.29. The fourth-order valence-electron chi connectivity index (χ4n) is 0.808. The summed E-state index contributed by atoms with van der Waals surface area (Å²) >= 11 is -1.52. The maximum atomic E-state index is 12.8. The van der Waals surface area contributed by atoms with Gasteiger partial charge in [-0.15, -0.1) is 0 Å². The molecule has 0 fully saturated rings. The van der Waals surface area contributed by atoms with Gasteiger partial charge in [0, 0.05) is 0 Å². The molecular weight excluding hydrogens is 242 g/mol. The van der Waals surface area contributed by atoms with Crippen molar-refractivity contribution in [3.05, 3.63) is 29.6 Å². The van der Waals surface area contributed by atoms with Crippen LogP contribution in [0.25, 0.3) is 0 Å². The summed E-state index contributed by atoms with van der Waals surface area (Å²) in [5, 5.41) is 0. The first-order chi connectivity index (χ1) is 5.65. The molecule has 1 aromatic rings. The number of benzene rings is 1. The van der Waals surface area contributed by atoms with E-state index in [2.05, 4.69) is 0 Å². The average molecular weight is 246 g/mol. The van der Waals surface area contributed by atoms with Crippen LogP contribution >= 0.6 is 9.69 Å². The minimum absolute atomic E-state index is 0.288. The Morgan fingerprint density at radius 3 is 2.42 bits per heavy atom. The van der Waals surface area contributed by atoms with Gasteiger partial charge >= 0.3 is 79.2 Å². The van der Waals surface area contributed by atoms with E-state index in [9.17, 15) is 13.2 Å². The fraction of sp³-hybridized carbons (Fsp3) is 0.143. The molecule has 0 heterocycles. The Labute approximate surface area is 79.4 Å². The van der Waals surface area contributed by atoms with Crippen LogP contribution in [0, 0.1) is 5.82 Å². The normalized spacial score (nSPS) is 10.1. The third-order valence-electron chi connectivity index (χ3n) is 1.47. The zero-order valence-corrected chi connectivity index (χ0v) is 9.75. The molecule has 0 aromatic heterocycles. The molecule has 0 saturated heterocycles. The summed E-state index contributed by atoms with van der Waals surface area (Å²) in [6.07, 6.45) is -2.61. The number of rotatable bonds is 2. The Morgan fingerprint density at radius 2 is 2.00 bits per heavy atom. The monoisotopic (exact) mass is 244 g/mol. The van der Waals surface area contributed by atoms with E-state index in [0.717, 1.165) is 6.07 Å². The molecule has 5 heteroatoms. The Balaban J connectivity index is 3.02. The molecule has 0 amide bonds. The van der Waals surface area contributed by atoms with Gasteiger partial charge in [-0.1, -0.05) is 0 Å². The van der Waals surface area contributed by atoms with Gasteiger partial charge in [-0.25, -0.2) is 0 Å². The molecule has 0 aliphatic heterocycles. The standard InChI is InChI=1S/C7H4F3.ClH.Zn/c8-6-3-1-2-5(4-6)7(9)10;;/h1-2,4,7H;1H;/q;;+1/p-1.